The summed E-state index contributed by atoms with van der Waals surface area (Å²) in [6.07, 6.45) is 27.6. The Labute approximate surface area is 237 Å². The summed E-state index contributed by atoms with van der Waals surface area (Å²) in [6, 6.07) is 0.0774. The van der Waals surface area contributed by atoms with Crippen molar-refractivity contribution in [3.05, 3.63) is 0 Å². The first kappa shape index (κ1) is 27.9. The van der Waals surface area contributed by atoms with Gasteiger partial charge in [0, 0.05) is 23.9 Å². The zero-order valence-corrected chi connectivity index (χ0v) is 24.7. The maximum Gasteiger partial charge on any atom is 0.315 e. The van der Waals surface area contributed by atoms with Crippen LogP contribution in [0.1, 0.15) is 141 Å². The van der Waals surface area contributed by atoms with E-state index in [1.165, 1.54) is 116 Å². The Bertz CT molecular complexity index is 783. The quantitative estimate of drug-likeness (QED) is 0.164. The Hall–Kier alpha value is -1.26. The van der Waals surface area contributed by atoms with Crippen LogP contribution >= 0.6 is 0 Å². The molecule has 2 N–H and O–H groups in total. The number of rotatable bonds is 15. The van der Waals surface area contributed by atoms with Crippen molar-refractivity contribution in [3.8, 4) is 0 Å². The van der Waals surface area contributed by atoms with Gasteiger partial charge in [0.15, 0.2) is 0 Å². The second kappa shape index (κ2) is 12.3. The molecule has 8 bridgehead atoms. The van der Waals surface area contributed by atoms with Gasteiger partial charge in [-0.05, 0) is 125 Å². The number of esters is 1. The molecule has 8 aliphatic rings. The standard InChI is InChI=1S/C34H56N2O3/c37-31(39-24-33-18-25-12-26(19-33)14-27(13-25)20-33)10-8-6-4-2-1-3-5-7-9-11-35-32(38)36-34-21-28-15-29(22-34)17-30(16-28)23-34/h25-30H,1-24H2,(H2,35,36,38). The van der Waals surface area contributed by atoms with Gasteiger partial charge in [0.2, 0.25) is 0 Å². The summed E-state index contributed by atoms with van der Waals surface area (Å²) in [5, 5.41) is 6.57. The second-order valence-corrected chi connectivity index (χ2v) is 15.6. The summed E-state index contributed by atoms with van der Waals surface area (Å²) in [4.78, 5) is 24.9. The predicted octanol–water partition coefficient (Wildman–Crippen LogP) is 7.92. The molecule has 8 fully saturated rings. The van der Waals surface area contributed by atoms with Gasteiger partial charge in [0.05, 0.1) is 6.61 Å². The SMILES string of the molecule is O=C(NCCCCCCCCCCCC(=O)OCC12CC3CC(CC(C3)C1)C2)NC12CC3CC(CC(C3)C1)C2. The Morgan fingerprint density at radius 2 is 1.03 bits per heavy atom. The molecule has 5 heteroatoms. The first-order chi connectivity index (χ1) is 19.0. The molecule has 0 atom stereocenters. The maximum atomic E-state index is 12.5. The lowest BCUT2D eigenvalue weighted by Crippen LogP contribution is -2.61. The summed E-state index contributed by atoms with van der Waals surface area (Å²) < 4.78 is 5.83. The molecule has 8 rings (SSSR count). The molecular weight excluding hydrogens is 484 g/mol. The summed E-state index contributed by atoms with van der Waals surface area (Å²) in [5.41, 5.74) is 0.466. The van der Waals surface area contributed by atoms with E-state index in [4.69, 9.17) is 4.74 Å². The van der Waals surface area contributed by atoms with Gasteiger partial charge in [-0.3, -0.25) is 4.79 Å². The van der Waals surface area contributed by atoms with Crippen LogP contribution in [0.3, 0.4) is 0 Å². The van der Waals surface area contributed by atoms with Gasteiger partial charge in [-0.15, -0.1) is 0 Å². The number of nitrogens with one attached hydrogen (secondary N) is 2. The molecule has 39 heavy (non-hydrogen) atoms. The molecular formula is C34H56N2O3. The number of carbonyl (C=O) groups is 2. The fourth-order valence-corrected chi connectivity index (χ4v) is 11.2. The van der Waals surface area contributed by atoms with Crippen LogP contribution in [0.5, 0.6) is 0 Å². The second-order valence-electron chi connectivity index (χ2n) is 15.6. The van der Waals surface area contributed by atoms with Crippen LogP contribution in [0.25, 0.3) is 0 Å². The van der Waals surface area contributed by atoms with Crippen LogP contribution in [0, 0.1) is 40.9 Å². The van der Waals surface area contributed by atoms with E-state index in [2.05, 4.69) is 10.6 Å². The summed E-state index contributed by atoms with van der Waals surface area (Å²) in [7, 11) is 0. The van der Waals surface area contributed by atoms with Crippen molar-refractivity contribution in [2.75, 3.05) is 13.2 Å². The average molecular weight is 541 g/mol. The van der Waals surface area contributed by atoms with E-state index >= 15 is 0 Å². The minimum absolute atomic E-state index is 0.0472. The van der Waals surface area contributed by atoms with Crippen molar-refractivity contribution in [1.82, 2.24) is 10.6 Å². The van der Waals surface area contributed by atoms with Crippen molar-refractivity contribution in [2.24, 2.45) is 40.9 Å². The molecule has 5 nitrogen and oxygen atoms in total. The van der Waals surface area contributed by atoms with Gasteiger partial charge in [-0.2, -0.15) is 0 Å². The van der Waals surface area contributed by atoms with Crippen LogP contribution < -0.4 is 10.6 Å². The molecule has 0 aromatic carbocycles. The topological polar surface area (TPSA) is 67.4 Å². The summed E-state index contributed by atoms with van der Waals surface area (Å²) in [5.74, 6) is 5.43. The van der Waals surface area contributed by atoms with Crippen molar-refractivity contribution < 1.29 is 14.3 Å². The highest BCUT2D eigenvalue weighted by Crippen LogP contribution is 2.60. The van der Waals surface area contributed by atoms with Crippen molar-refractivity contribution in [1.29, 1.82) is 0 Å². The lowest BCUT2D eigenvalue weighted by molar-refractivity contribution is -0.155. The first-order valence-electron chi connectivity index (χ1n) is 17.2. The van der Waals surface area contributed by atoms with Crippen LogP contribution in [0.4, 0.5) is 4.79 Å². The highest BCUT2D eigenvalue weighted by Gasteiger charge is 2.52. The van der Waals surface area contributed by atoms with Crippen LogP contribution in [-0.4, -0.2) is 30.7 Å². The number of carbonyl (C=O) groups excluding carboxylic acids is 2. The van der Waals surface area contributed by atoms with Crippen LogP contribution in [0.2, 0.25) is 0 Å². The molecule has 0 aliphatic heterocycles. The third kappa shape index (κ3) is 7.15. The molecule has 0 spiro atoms. The Morgan fingerprint density at radius 3 is 1.54 bits per heavy atom. The van der Waals surface area contributed by atoms with E-state index in [-0.39, 0.29) is 17.5 Å². The predicted molar refractivity (Wildman–Crippen MR) is 155 cm³/mol. The maximum absolute atomic E-state index is 12.5. The average Bonchev–Trinajstić information content (AvgIpc) is 2.86. The van der Waals surface area contributed by atoms with E-state index in [1.807, 2.05) is 0 Å². The molecule has 8 saturated carbocycles. The normalized spacial score (nSPS) is 39.2. The lowest BCUT2D eigenvalue weighted by atomic mass is 9.50. The molecule has 2 amide bonds. The Kier molecular flexibility index (Phi) is 8.80. The number of ether oxygens (including phenoxy) is 1. The number of hydrogen-bond donors (Lipinski definition) is 2. The third-order valence-corrected chi connectivity index (χ3v) is 12.0. The first-order valence-corrected chi connectivity index (χ1v) is 17.2. The van der Waals surface area contributed by atoms with Gasteiger partial charge < -0.3 is 15.4 Å². The number of urea groups is 1. The molecule has 0 aromatic heterocycles. The minimum atomic E-state index is 0.0472. The fourth-order valence-electron chi connectivity index (χ4n) is 11.2. The van der Waals surface area contributed by atoms with E-state index in [0.717, 1.165) is 61.3 Å². The van der Waals surface area contributed by atoms with Crippen LogP contribution in [-0.2, 0) is 9.53 Å². The van der Waals surface area contributed by atoms with E-state index < -0.39 is 0 Å². The van der Waals surface area contributed by atoms with Gasteiger partial charge >= 0.3 is 12.0 Å². The number of amides is 2. The lowest BCUT2D eigenvalue weighted by Gasteiger charge is -2.56. The van der Waals surface area contributed by atoms with E-state index in [1.54, 1.807) is 0 Å². The zero-order valence-electron chi connectivity index (χ0n) is 24.7. The number of hydrogen-bond acceptors (Lipinski definition) is 3. The third-order valence-electron chi connectivity index (χ3n) is 12.0. The van der Waals surface area contributed by atoms with Crippen molar-refractivity contribution in [2.45, 2.75) is 147 Å². The molecule has 0 saturated heterocycles. The largest absolute Gasteiger partial charge is 0.465 e. The molecule has 0 aromatic rings. The molecule has 0 heterocycles. The molecule has 0 unspecified atom stereocenters. The Balaban J connectivity index is 0.725. The fraction of sp³-hybridized carbons (Fsp3) is 0.941. The van der Waals surface area contributed by atoms with E-state index in [0.29, 0.717) is 18.4 Å². The highest BCUT2D eigenvalue weighted by molar-refractivity contribution is 5.74. The van der Waals surface area contributed by atoms with Crippen LogP contribution in [0.15, 0.2) is 0 Å². The van der Waals surface area contributed by atoms with Crippen molar-refractivity contribution in [3.63, 3.8) is 0 Å². The smallest absolute Gasteiger partial charge is 0.315 e. The van der Waals surface area contributed by atoms with Gasteiger partial charge in [-0.25, -0.2) is 4.79 Å². The zero-order chi connectivity index (χ0) is 26.7. The van der Waals surface area contributed by atoms with Crippen molar-refractivity contribution >= 4 is 12.0 Å². The van der Waals surface area contributed by atoms with Gasteiger partial charge in [0.1, 0.15) is 0 Å². The summed E-state index contributed by atoms with van der Waals surface area (Å²) in [6.45, 7) is 1.51. The highest BCUT2D eigenvalue weighted by atomic mass is 16.5. The van der Waals surface area contributed by atoms with Gasteiger partial charge in [-0.1, -0.05) is 44.9 Å². The van der Waals surface area contributed by atoms with Gasteiger partial charge in [0.25, 0.3) is 0 Å². The monoisotopic (exact) mass is 540 g/mol. The minimum Gasteiger partial charge on any atom is -0.465 e. The van der Waals surface area contributed by atoms with E-state index in [9.17, 15) is 9.59 Å². The molecule has 0 radical (unpaired) electrons. The number of unbranched alkanes of at least 4 members (excludes halogenated alkanes) is 8. The Morgan fingerprint density at radius 1 is 0.590 bits per heavy atom. The molecule has 8 aliphatic carbocycles. The summed E-state index contributed by atoms with van der Waals surface area (Å²) >= 11 is 0. The molecule has 220 valence electrons.